The Kier molecular flexibility index (Phi) is 4.61. The van der Waals surface area contributed by atoms with E-state index in [1.807, 2.05) is 32.0 Å². The summed E-state index contributed by atoms with van der Waals surface area (Å²) in [6.45, 7) is 7.27. The molecule has 0 spiro atoms. The lowest BCUT2D eigenvalue weighted by atomic mass is 10.0. The maximum absolute atomic E-state index is 12.4. The Morgan fingerprint density at radius 3 is 2.55 bits per heavy atom. The van der Waals surface area contributed by atoms with Crippen molar-refractivity contribution in [3.63, 3.8) is 0 Å². The van der Waals surface area contributed by atoms with Gasteiger partial charge in [0.25, 0.3) is 5.91 Å². The second-order valence-corrected chi connectivity index (χ2v) is 6.32. The van der Waals surface area contributed by atoms with Gasteiger partial charge in [0.1, 0.15) is 9.88 Å². The molecule has 0 fully saturated rings. The molecule has 1 aromatic heterocycles. The van der Waals surface area contributed by atoms with Gasteiger partial charge in [-0.05, 0) is 39.3 Å². The first-order valence-corrected chi connectivity index (χ1v) is 7.70. The highest BCUT2D eigenvalue weighted by molar-refractivity contribution is 7.13. The van der Waals surface area contributed by atoms with Crippen molar-refractivity contribution in [2.45, 2.75) is 33.7 Å². The van der Waals surface area contributed by atoms with E-state index in [1.165, 1.54) is 0 Å². The van der Waals surface area contributed by atoms with E-state index >= 15 is 0 Å². The molecule has 0 aliphatic rings. The summed E-state index contributed by atoms with van der Waals surface area (Å²) < 4.78 is 0. The van der Waals surface area contributed by atoms with Crippen LogP contribution in [0.1, 0.15) is 54.8 Å². The van der Waals surface area contributed by atoms with Gasteiger partial charge in [-0.2, -0.15) is 0 Å². The van der Waals surface area contributed by atoms with Gasteiger partial charge in [0.05, 0.1) is 11.7 Å². The summed E-state index contributed by atoms with van der Waals surface area (Å²) in [7, 11) is 0. The molecule has 2 N–H and O–H groups in total. The Labute approximate surface area is 133 Å². The summed E-state index contributed by atoms with van der Waals surface area (Å²) in [4.78, 5) is 27.9. The fourth-order valence-corrected chi connectivity index (χ4v) is 3.03. The van der Waals surface area contributed by atoms with Crippen molar-refractivity contribution in [1.29, 1.82) is 0 Å². The lowest BCUT2D eigenvalue weighted by Crippen LogP contribution is -2.27. The van der Waals surface area contributed by atoms with E-state index in [0.29, 0.717) is 16.3 Å². The summed E-state index contributed by atoms with van der Waals surface area (Å²) in [5.41, 5.74) is 3.01. The van der Waals surface area contributed by atoms with Crippen molar-refractivity contribution in [3.05, 3.63) is 50.5 Å². The maximum Gasteiger partial charge on any atom is 0.347 e. The summed E-state index contributed by atoms with van der Waals surface area (Å²) >= 11 is 1.09. The van der Waals surface area contributed by atoms with Crippen LogP contribution >= 0.6 is 11.3 Å². The molecule has 1 unspecified atom stereocenters. The zero-order valence-corrected chi connectivity index (χ0v) is 13.7. The molecular weight excluding hydrogens is 300 g/mol. The van der Waals surface area contributed by atoms with Crippen LogP contribution < -0.4 is 5.32 Å². The van der Waals surface area contributed by atoms with Crippen LogP contribution in [0.25, 0.3) is 0 Å². The predicted octanol–water partition coefficient (Wildman–Crippen LogP) is 3.26. The molecule has 6 heteroatoms. The number of carboxylic acids is 1. The number of carbonyl (C=O) groups is 2. The fourth-order valence-electron chi connectivity index (χ4n) is 2.12. The molecule has 1 heterocycles. The molecular formula is C16H18N2O3S. The van der Waals surface area contributed by atoms with Crippen molar-refractivity contribution >= 4 is 23.2 Å². The first kappa shape index (κ1) is 16.2. The van der Waals surface area contributed by atoms with Gasteiger partial charge in [0, 0.05) is 5.56 Å². The molecule has 1 aromatic carbocycles. The number of rotatable bonds is 4. The summed E-state index contributed by atoms with van der Waals surface area (Å²) in [6.07, 6.45) is 0. The fraction of sp³-hybridized carbons (Fsp3) is 0.312. The zero-order valence-electron chi connectivity index (χ0n) is 12.9. The van der Waals surface area contributed by atoms with Gasteiger partial charge in [0.15, 0.2) is 0 Å². The molecule has 116 valence electrons. The summed E-state index contributed by atoms with van der Waals surface area (Å²) in [6, 6.07) is 5.36. The Morgan fingerprint density at radius 1 is 1.27 bits per heavy atom. The smallest absolute Gasteiger partial charge is 0.347 e. The van der Waals surface area contributed by atoms with Crippen molar-refractivity contribution in [3.8, 4) is 0 Å². The molecule has 2 rings (SSSR count). The van der Waals surface area contributed by atoms with Crippen LogP contribution in [0.3, 0.4) is 0 Å². The number of thiazole rings is 1. The highest BCUT2D eigenvalue weighted by Crippen LogP contribution is 2.24. The molecule has 5 nitrogen and oxygen atoms in total. The SMILES string of the molecule is Cc1ccc(C)c(C(=O)NC(C)c2nc(C)c(C(=O)O)s2)c1. The van der Waals surface area contributed by atoms with Crippen molar-refractivity contribution in [2.24, 2.45) is 0 Å². The van der Waals surface area contributed by atoms with Crippen molar-refractivity contribution < 1.29 is 14.7 Å². The number of hydrogen-bond acceptors (Lipinski definition) is 4. The Hall–Kier alpha value is -2.21. The highest BCUT2D eigenvalue weighted by atomic mass is 32.1. The molecule has 22 heavy (non-hydrogen) atoms. The molecule has 0 saturated heterocycles. The molecule has 0 aliphatic carbocycles. The number of aryl methyl sites for hydroxylation is 3. The van der Waals surface area contributed by atoms with Crippen LogP contribution in [-0.4, -0.2) is 22.0 Å². The Bertz CT molecular complexity index is 737. The first-order chi connectivity index (χ1) is 10.3. The number of amides is 1. The van der Waals surface area contributed by atoms with Crippen LogP contribution in [0.15, 0.2) is 18.2 Å². The molecule has 2 aromatic rings. The van der Waals surface area contributed by atoms with E-state index in [4.69, 9.17) is 5.11 Å². The quantitative estimate of drug-likeness (QED) is 0.907. The number of benzene rings is 1. The largest absolute Gasteiger partial charge is 0.477 e. The van der Waals surface area contributed by atoms with E-state index in [2.05, 4.69) is 10.3 Å². The van der Waals surface area contributed by atoms with Crippen LogP contribution in [0, 0.1) is 20.8 Å². The average Bonchev–Trinajstić information content (AvgIpc) is 2.83. The molecule has 1 amide bonds. The summed E-state index contributed by atoms with van der Waals surface area (Å²) in [5.74, 6) is -1.17. The maximum atomic E-state index is 12.4. The van der Waals surface area contributed by atoms with Crippen LogP contribution in [0.4, 0.5) is 0 Å². The normalized spacial score (nSPS) is 12.0. The standard InChI is InChI=1S/C16H18N2O3S/c1-8-5-6-9(2)12(7-8)14(19)17-11(4)15-18-10(3)13(22-15)16(20)21/h5-7,11H,1-4H3,(H,17,19)(H,20,21). The molecule has 0 aliphatic heterocycles. The van der Waals surface area contributed by atoms with Gasteiger partial charge >= 0.3 is 5.97 Å². The minimum atomic E-state index is -0.991. The van der Waals surface area contributed by atoms with Crippen LogP contribution in [0.5, 0.6) is 0 Å². The number of aromatic carboxylic acids is 1. The molecule has 0 saturated carbocycles. The third kappa shape index (κ3) is 3.33. The van der Waals surface area contributed by atoms with E-state index in [0.717, 1.165) is 22.5 Å². The van der Waals surface area contributed by atoms with Gasteiger partial charge in [-0.1, -0.05) is 17.7 Å². The lowest BCUT2D eigenvalue weighted by molar-refractivity contribution is 0.0701. The second kappa shape index (κ2) is 6.27. The predicted molar refractivity (Wildman–Crippen MR) is 85.6 cm³/mol. The van der Waals surface area contributed by atoms with Crippen LogP contribution in [-0.2, 0) is 0 Å². The topological polar surface area (TPSA) is 79.3 Å². The number of nitrogens with one attached hydrogen (secondary N) is 1. The third-order valence-corrected chi connectivity index (χ3v) is 4.69. The Morgan fingerprint density at radius 2 is 1.95 bits per heavy atom. The van der Waals surface area contributed by atoms with Gasteiger partial charge in [-0.25, -0.2) is 9.78 Å². The lowest BCUT2D eigenvalue weighted by Gasteiger charge is -2.13. The number of hydrogen-bond donors (Lipinski definition) is 2. The third-order valence-electron chi connectivity index (χ3n) is 3.36. The van der Waals surface area contributed by atoms with E-state index in [-0.39, 0.29) is 16.8 Å². The van der Waals surface area contributed by atoms with Crippen molar-refractivity contribution in [1.82, 2.24) is 10.3 Å². The zero-order chi connectivity index (χ0) is 16.4. The van der Waals surface area contributed by atoms with Gasteiger partial charge in [-0.3, -0.25) is 4.79 Å². The van der Waals surface area contributed by atoms with E-state index < -0.39 is 5.97 Å². The van der Waals surface area contributed by atoms with E-state index in [9.17, 15) is 9.59 Å². The second-order valence-electron chi connectivity index (χ2n) is 5.29. The monoisotopic (exact) mass is 318 g/mol. The summed E-state index contributed by atoms with van der Waals surface area (Å²) in [5, 5.41) is 12.5. The number of nitrogens with zero attached hydrogens (tertiary/aromatic N) is 1. The van der Waals surface area contributed by atoms with Gasteiger partial charge in [0.2, 0.25) is 0 Å². The first-order valence-electron chi connectivity index (χ1n) is 6.88. The number of aromatic nitrogens is 1. The van der Waals surface area contributed by atoms with Gasteiger partial charge < -0.3 is 10.4 Å². The van der Waals surface area contributed by atoms with E-state index in [1.54, 1.807) is 13.8 Å². The number of carbonyl (C=O) groups excluding carboxylic acids is 1. The molecule has 0 bridgehead atoms. The van der Waals surface area contributed by atoms with Crippen molar-refractivity contribution in [2.75, 3.05) is 0 Å². The van der Waals surface area contributed by atoms with Gasteiger partial charge in [-0.15, -0.1) is 11.3 Å². The number of carboxylic acid groups (broad SMARTS) is 1. The Balaban J connectivity index is 2.19. The highest BCUT2D eigenvalue weighted by Gasteiger charge is 2.20. The minimum absolute atomic E-state index is 0.182. The molecule has 1 atom stereocenters. The molecule has 0 radical (unpaired) electrons. The minimum Gasteiger partial charge on any atom is -0.477 e. The van der Waals surface area contributed by atoms with Crippen LogP contribution in [0.2, 0.25) is 0 Å². The average molecular weight is 318 g/mol.